The molecule has 0 radical (unpaired) electrons. The Morgan fingerprint density at radius 3 is 2.92 bits per heavy atom. The predicted molar refractivity (Wildman–Crippen MR) is 38.9 cm³/mol. The fourth-order valence-corrected chi connectivity index (χ4v) is 0.701. The van der Waals surface area contributed by atoms with E-state index < -0.39 is 5.91 Å². The summed E-state index contributed by atoms with van der Waals surface area (Å²) in [7, 11) is 0. The molecular weight excluding hydrogens is 160 g/mol. The quantitative estimate of drug-likeness (QED) is 0.368. The van der Waals surface area contributed by atoms with E-state index in [2.05, 4.69) is 4.98 Å². The molecule has 0 saturated heterocycles. The summed E-state index contributed by atoms with van der Waals surface area (Å²) in [6.45, 7) is 0. The first-order chi connectivity index (χ1) is 5.77. The average Bonchev–Trinajstić information content (AvgIpc) is 2.17. The lowest BCUT2D eigenvalue weighted by molar-refractivity contribution is 0.0700. The molecule has 1 amide bonds. The fraction of sp³-hybridized carbons (Fsp3) is 0. The summed E-state index contributed by atoms with van der Waals surface area (Å²) in [6, 6.07) is 4.35. The van der Waals surface area contributed by atoms with Gasteiger partial charge in [0, 0.05) is 0 Å². The van der Waals surface area contributed by atoms with E-state index in [0.29, 0.717) is 6.29 Å². The lowest BCUT2D eigenvalue weighted by Crippen LogP contribution is -2.20. The Balaban J connectivity index is 3.01. The van der Waals surface area contributed by atoms with Gasteiger partial charge in [-0.1, -0.05) is 6.07 Å². The van der Waals surface area contributed by atoms with E-state index in [9.17, 15) is 9.59 Å². The van der Waals surface area contributed by atoms with Crippen molar-refractivity contribution in [2.45, 2.75) is 0 Å². The van der Waals surface area contributed by atoms with Gasteiger partial charge in [-0.25, -0.2) is 10.5 Å². The first kappa shape index (κ1) is 8.35. The molecule has 2 N–H and O–H groups in total. The fourth-order valence-electron chi connectivity index (χ4n) is 0.701. The molecule has 0 unspecified atom stereocenters. The van der Waals surface area contributed by atoms with Crippen LogP contribution >= 0.6 is 0 Å². The van der Waals surface area contributed by atoms with Crippen molar-refractivity contribution >= 4 is 12.2 Å². The number of aromatic nitrogens is 1. The molecular formula is C7H6N2O3. The summed E-state index contributed by atoms with van der Waals surface area (Å²) in [5.74, 6) is -0.737. The minimum Gasteiger partial charge on any atom is -0.296 e. The van der Waals surface area contributed by atoms with Crippen molar-refractivity contribution in [3.8, 4) is 0 Å². The minimum absolute atomic E-state index is 0.00194. The van der Waals surface area contributed by atoms with Gasteiger partial charge in [0.15, 0.2) is 6.29 Å². The number of nitrogens with one attached hydrogen (secondary N) is 1. The second-order valence-electron chi connectivity index (χ2n) is 2.01. The van der Waals surface area contributed by atoms with E-state index in [0.717, 1.165) is 0 Å². The van der Waals surface area contributed by atoms with Crippen LogP contribution in [0, 0.1) is 0 Å². The van der Waals surface area contributed by atoms with E-state index in [-0.39, 0.29) is 11.4 Å². The highest BCUT2D eigenvalue weighted by Gasteiger charge is 2.04. The van der Waals surface area contributed by atoms with E-state index >= 15 is 0 Å². The van der Waals surface area contributed by atoms with Crippen LogP contribution in [-0.4, -0.2) is 22.4 Å². The molecule has 0 aliphatic carbocycles. The normalized spacial score (nSPS) is 9.08. The molecule has 1 rings (SSSR count). The van der Waals surface area contributed by atoms with Crippen LogP contribution in [0.2, 0.25) is 0 Å². The third-order valence-corrected chi connectivity index (χ3v) is 1.23. The van der Waals surface area contributed by atoms with Gasteiger partial charge in [-0.2, -0.15) is 0 Å². The summed E-state index contributed by atoms with van der Waals surface area (Å²) in [4.78, 5) is 24.6. The van der Waals surface area contributed by atoms with Gasteiger partial charge < -0.3 is 0 Å². The summed E-state index contributed by atoms with van der Waals surface area (Å²) in [6.07, 6.45) is 0.522. The van der Waals surface area contributed by atoms with E-state index in [4.69, 9.17) is 5.21 Å². The summed E-state index contributed by atoms with van der Waals surface area (Å²) < 4.78 is 0. The van der Waals surface area contributed by atoms with Crippen molar-refractivity contribution in [2.75, 3.05) is 0 Å². The highest BCUT2D eigenvalue weighted by molar-refractivity contribution is 5.92. The number of hydrogen-bond donors (Lipinski definition) is 2. The number of hydrogen-bond acceptors (Lipinski definition) is 4. The second-order valence-corrected chi connectivity index (χ2v) is 2.01. The smallest absolute Gasteiger partial charge is 0.293 e. The van der Waals surface area contributed by atoms with Crippen LogP contribution in [0.25, 0.3) is 0 Å². The number of pyridine rings is 1. The Morgan fingerprint density at radius 1 is 1.58 bits per heavy atom. The van der Waals surface area contributed by atoms with Gasteiger partial charge in [0.05, 0.1) is 0 Å². The highest BCUT2D eigenvalue weighted by Crippen LogP contribution is 1.96. The Bertz CT molecular complexity index is 311. The van der Waals surface area contributed by atoms with Crippen molar-refractivity contribution < 1.29 is 14.8 Å². The van der Waals surface area contributed by atoms with Crippen molar-refractivity contribution in [1.29, 1.82) is 0 Å². The van der Waals surface area contributed by atoms with Crippen LogP contribution in [0.15, 0.2) is 18.2 Å². The zero-order valence-corrected chi connectivity index (χ0v) is 6.02. The molecule has 0 atom stereocenters. The van der Waals surface area contributed by atoms with E-state index in [1.165, 1.54) is 23.7 Å². The number of amides is 1. The lowest BCUT2D eigenvalue weighted by Gasteiger charge is -1.96. The Hall–Kier alpha value is -1.75. The predicted octanol–water partition coefficient (Wildman–Crippen LogP) is 0.0131. The molecule has 0 bridgehead atoms. The molecule has 0 fully saturated rings. The minimum atomic E-state index is -0.737. The first-order valence-corrected chi connectivity index (χ1v) is 3.14. The molecule has 0 saturated carbocycles. The van der Waals surface area contributed by atoms with E-state index in [1.807, 2.05) is 0 Å². The number of carbonyl (C=O) groups excluding carboxylic acids is 2. The summed E-state index contributed by atoms with van der Waals surface area (Å²) >= 11 is 0. The van der Waals surface area contributed by atoms with Gasteiger partial charge in [-0.3, -0.25) is 14.8 Å². The Labute approximate surface area is 68.0 Å². The zero-order valence-electron chi connectivity index (χ0n) is 6.02. The van der Waals surface area contributed by atoms with Crippen molar-refractivity contribution in [3.05, 3.63) is 29.6 Å². The molecule has 12 heavy (non-hydrogen) atoms. The average molecular weight is 166 g/mol. The number of carbonyl (C=O) groups is 2. The van der Waals surface area contributed by atoms with Crippen molar-refractivity contribution in [2.24, 2.45) is 0 Å². The number of rotatable bonds is 2. The zero-order chi connectivity index (χ0) is 8.97. The molecule has 5 heteroatoms. The van der Waals surface area contributed by atoms with Crippen LogP contribution in [0.5, 0.6) is 0 Å². The number of aldehydes is 1. The van der Waals surface area contributed by atoms with Gasteiger partial charge in [-0.05, 0) is 12.1 Å². The Morgan fingerprint density at radius 2 is 2.33 bits per heavy atom. The summed E-state index contributed by atoms with van der Waals surface area (Å²) in [5, 5.41) is 8.22. The van der Waals surface area contributed by atoms with Crippen molar-refractivity contribution in [3.63, 3.8) is 0 Å². The molecule has 62 valence electrons. The summed E-state index contributed by atoms with van der Waals surface area (Å²) in [5.41, 5.74) is 1.57. The van der Waals surface area contributed by atoms with Gasteiger partial charge in [0.25, 0.3) is 5.91 Å². The standard InChI is InChI=1S/C7H6N2O3/c10-4-5-2-1-3-6(8-5)7(11)9-12/h1-4,12H,(H,9,11). The van der Waals surface area contributed by atoms with Gasteiger partial charge in [-0.15, -0.1) is 0 Å². The number of nitrogens with zero attached hydrogens (tertiary/aromatic N) is 1. The lowest BCUT2D eigenvalue weighted by atomic mass is 10.3. The molecule has 1 aromatic heterocycles. The van der Waals surface area contributed by atoms with Crippen LogP contribution < -0.4 is 5.48 Å². The van der Waals surface area contributed by atoms with Crippen LogP contribution in [0.3, 0.4) is 0 Å². The third kappa shape index (κ3) is 1.64. The topological polar surface area (TPSA) is 79.3 Å². The number of hydroxylamine groups is 1. The van der Waals surface area contributed by atoms with Crippen LogP contribution in [-0.2, 0) is 0 Å². The largest absolute Gasteiger partial charge is 0.296 e. The molecule has 0 spiro atoms. The monoisotopic (exact) mass is 166 g/mol. The SMILES string of the molecule is O=Cc1cccc(C(=O)NO)n1. The van der Waals surface area contributed by atoms with Gasteiger partial charge >= 0.3 is 0 Å². The maximum atomic E-state index is 10.7. The molecule has 0 aliphatic heterocycles. The van der Waals surface area contributed by atoms with Gasteiger partial charge in [0.1, 0.15) is 11.4 Å². The van der Waals surface area contributed by atoms with Crippen molar-refractivity contribution in [1.82, 2.24) is 10.5 Å². The maximum absolute atomic E-state index is 10.7. The molecule has 0 aromatic carbocycles. The highest BCUT2D eigenvalue weighted by atomic mass is 16.5. The molecule has 1 heterocycles. The molecule has 5 nitrogen and oxygen atoms in total. The maximum Gasteiger partial charge on any atom is 0.293 e. The van der Waals surface area contributed by atoms with Crippen LogP contribution in [0.1, 0.15) is 21.0 Å². The second kappa shape index (κ2) is 3.59. The third-order valence-electron chi connectivity index (χ3n) is 1.23. The molecule has 1 aromatic rings. The first-order valence-electron chi connectivity index (χ1n) is 3.14. The Kier molecular flexibility index (Phi) is 2.49. The van der Waals surface area contributed by atoms with Crippen LogP contribution in [0.4, 0.5) is 0 Å². The van der Waals surface area contributed by atoms with E-state index in [1.54, 1.807) is 0 Å². The van der Waals surface area contributed by atoms with Gasteiger partial charge in [0.2, 0.25) is 0 Å². The molecule has 0 aliphatic rings.